The molecule has 0 bridgehead atoms. The number of hydrogen-bond acceptors (Lipinski definition) is 1. The first-order valence-corrected chi connectivity index (χ1v) is 4.32. The monoisotopic (exact) mass is 156 g/mol. The van der Waals surface area contributed by atoms with E-state index in [-0.39, 0.29) is 0 Å². The van der Waals surface area contributed by atoms with E-state index in [4.69, 9.17) is 0 Å². The molecule has 0 aliphatic carbocycles. The Balaban J connectivity index is 4.04. The Morgan fingerprint density at radius 1 is 1.45 bits per heavy atom. The van der Waals surface area contributed by atoms with Gasteiger partial charge in [-0.05, 0) is 20.3 Å². The smallest absolute Gasteiger partial charge is 0.0985 e. The fourth-order valence-corrected chi connectivity index (χ4v) is 0.968. The summed E-state index contributed by atoms with van der Waals surface area (Å²) in [6, 6.07) is 0.556. The van der Waals surface area contributed by atoms with Crippen LogP contribution in [0, 0.1) is 0 Å². The summed E-state index contributed by atoms with van der Waals surface area (Å²) in [5.74, 6) is 1.21. The molecule has 0 heterocycles. The van der Waals surface area contributed by atoms with E-state index < -0.39 is 0 Å². The largest absolute Gasteiger partial charge is 0.361 e. The molecule has 0 amide bonds. The molecule has 2 nitrogen and oxygen atoms in total. The highest BCUT2D eigenvalue weighted by Gasteiger charge is 2.06. The topological polar surface area (TPSA) is 15.6 Å². The van der Waals surface area contributed by atoms with Crippen LogP contribution in [0.25, 0.3) is 0 Å². The minimum Gasteiger partial charge on any atom is -0.361 e. The van der Waals surface area contributed by atoms with Gasteiger partial charge in [0.1, 0.15) is 0 Å². The molecular formula is C9H20N2. The van der Waals surface area contributed by atoms with Crippen LogP contribution in [-0.2, 0) is 0 Å². The van der Waals surface area contributed by atoms with Crippen LogP contribution in [0.4, 0.5) is 0 Å². The number of amidine groups is 1. The summed E-state index contributed by atoms with van der Waals surface area (Å²) < 4.78 is 0. The maximum absolute atomic E-state index is 4.24. The van der Waals surface area contributed by atoms with E-state index in [1.54, 1.807) is 0 Å². The van der Waals surface area contributed by atoms with Crippen LogP contribution in [0.5, 0.6) is 0 Å². The van der Waals surface area contributed by atoms with Crippen LogP contribution < -0.4 is 0 Å². The van der Waals surface area contributed by atoms with Gasteiger partial charge in [-0.15, -0.1) is 0 Å². The Bertz CT molecular complexity index is 128. The summed E-state index contributed by atoms with van der Waals surface area (Å²) >= 11 is 0. The summed E-state index contributed by atoms with van der Waals surface area (Å²) in [7, 11) is 3.96. The van der Waals surface area contributed by atoms with Crippen LogP contribution in [0.15, 0.2) is 4.99 Å². The molecule has 0 rings (SSSR count). The molecule has 66 valence electrons. The predicted molar refractivity (Wildman–Crippen MR) is 51.2 cm³/mol. The molecule has 0 N–H and O–H groups in total. The Hall–Kier alpha value is -0.530. The van der Waals surface area contributed by atoms with Gasteiger partial charge >= 0.3 is 0 Å². The number of aliphatic imine (C=N–C) groups is 1. The van der Waals surface area contributed by atoms with Crippen molar-refractivity contribution in [3.63, 3.8) is 0 Å². The molecule has 0 aliphatic rings. The molecule has 0 radical (unpaired) electrons. The third-order valence-corrected chi connectivity index (χ3v) is 1.91. The van der Waals surface area contributed by atoms with Crippen molar-refractivity contribution in [2.24, 2.45) is 4.99 Å². The summed E-state index contributed by atoms with van der Waals surface area (Å²) in [6.45, 7) is 6.54. The second-order valence-corrected chi connectivity index (χ2v) is 3.09. The lowest BCUT2D eigenvalue weighted by molar-refractivity contribution is 0.407. The van der Waals surface area contributed by atoms with Crippen LogP contribution in [0.3, 0.4) is 0 Å². The van der Waals surface area contributed by atoms with Crippen molar-refractivity contribution in [1.29, 1.82) is 0 Å². The van der Waals surface area contributed by atoms with E-state index in [0.29, 0.717) is 6.04 Å². The van der Waals surface area contributed by atoms with Gasteiger partial charge in [-0.1, -0.05) is 6.92 Å². The normalized spacial score (nSPS) is 12.4. The standard InChI is InChI=1S/C9H20N2/c1-6-7-9(10-4)11(5)8(2)3/h8H,6-7H2,1-5H3/b10-9-. The lowest BCUT2D eigenvalue weighted by Crippen LogP contribution is -2.32. The highest BCUT2D eigenvalue weighted by atomic mass is 15.2. The SMILES string of the molecule is CCC/C(=N/C)N(C)C(C)C. The van der Waals surface area contributed by atoms with E-state index in [1.165, 1.54) is 12.3 Å². The van der Waals surface area contributed by atoms with Crippen LogP contribution in [0.1, 0.15) is 33.6 Å². The quantitative estimate of drug-likeness (QED) is 0.451. The zero-order valence-electron chi connectivity index (χ0n) is 8.39. The van der Waals surface area contributed by atoms with Gasteiger partial charge in [-0.25, -0.2) is 0 Å². The maximum Gasteiger partial charge on any atom is 0.0985 e. The van der Waals surface area contributed by atoms with Gasteiger partial charge in [0.05, 0.1) is 5.84 Å². The Morgan fingerprint density at radius 3 is 2.27 bits per heavy atom. The zero-order chi connectivity index (χ0) is 8.85. The molecule has 0 saturated carbocycles. The average molecular weight is 156 g/mol. The molecule has 0 aromatic heterocycles. The van der Waals surface area contributed by atoms with Crippen molar-refractivity contribution in [1.82, 2.24) is 4.90 Å². The van der Waals surface area contributed by atoms with E-state index in [2.05, 4.69) is 37.7 Å². The minimum atomic E-state index is 0.556. The molecule has 0 spiro atoms. The summed E-state index contributed by atoms with van der Waals surface area (Å²) in [4.78, 5) is 6.47. The Labute approximate surface area is 70.3 Å². The van der Waals surface area contributed by atoms with Crippen LogP contribution in [0.2, 0.25) is 0 Å². The van der Waals surface area contributed by atoms with Crippen molar-refractivity contribution >= 4 is 5.84 Å². The highest BCUT2D eigenvalue weighted by molar-refractivity contribution is 5.82. The molecule has 11 heavy (non-hydrogen) atoms. The first kappa shape index (κ1) is 10.5. The van der Waals surface area contributed by atoms with Gasteiger partial charge in [-0.3, -0.25) is 4.99 Å². The third-order valence-electron chi connectivity index (χ3n) is 1.91. The molecule has 0 aromatic rings. The van der Waals surface area contributed by atoms with Gasteiger partial charge in [0.25, 0.3) is 0 Å². The number of hydrogen-bond donors (Lipinski definition) is 0. The van der Waals surface area contributed by atoms with E-state index in [9.17, 15) is 0 Å². The third kappa shape index (κ3) is 3.40. The first-order valence-electron chi connectivity index (χ1n) is 4.32. The Morgan fingerprint density at radius 2 is 2.00 bits per heavy atom. The molecule has 0 aliphatic heterocycles. The molecule has 0 atom stereocenters. The van der Waals surface area contributed by atoms with Crippen molar-refractivity contribution in [2.75, 3.05) is 14.1 Å². The molecule has 0 fully saturated rings. The van der Waals surface area contributed by atoms with E-state index in [1.807, 2.05) is 7.05 Å². The molecule has 0 saturated heterocycles. The van der Waals surface area contributed by atoms with Crippen molar-refractivity contribution in [3.8, 4) is 0 Å². The molecular weight excluding hydrogens is 136 g/mol. The molecule has 0 aromatic carbocycles. The second-order valence-electron chi connectivity index (χ2n) is 3.09. The summed E-state index contributed by atoms with van der Waals surface area (Å²) in [5.41, 5.74) is 0. The van der Waals surface area contributed by atoms with Crippen LogP contribution in [-0.4, -0.2) is 30.9 Å². The van der Waals surface area contributed by atoms with Crippen LogP contribution >= 0.6 is 0 Å². The molecule has 2 heteroatoms. The summed E-state index contributed by atoms with van der Waals surface area (Å²) in [5, 5.41) is 0. The maximum atomic E-state index is 4.24. The second kappa shape index (κ2) is 5.16. The lowest BCUT2D eigenvalue weighted by atomic mass is 10.2. The first-order chi connectivity index (χ1) is 5.13. The van der Waals surface area contributed by atoms with Crippen molar-refractivity contribution in [2.45, 2.75) is 39.7 Å². The van der Waals surface area contributed by atoms with Gasteiger partial charge < -0.3 is 4.90 Å². The minimum absolute atomic E-state index is 0.556. The number of nitrogens with zero attached hydrogens (tertiary/aromatic N) is 2. The van der Waals surface area contributed by atoms with Gasteiger partial charge in [0.2, 0.25) is 0 Å². The van der Waals surface area contributed by atoms with Gasteiger partial charge in [-0.2, -0.15) is 0 Å². The lowest BCUT2D eigenvalue weighted by Gasteiger charge is -2.24. The molecule has 0 unspecified atom stereocenters. The van der Waals surface area contributed by atoms with Gasteiger partial charge in [0, 0.05) is 26.6 Å². The number of rotatable bonds is 3. The highest BCUT2D eigenvalue weighted by Crippen LogP contribution is 2.01. The van der Waals surface area contributed by atoms with Crippen molar-refractivity contribution < 1.29 is 0 Å². The fraction of sp³-hybridized carbons (Fsp3) is 0.889. The average Bonchev–Trinajstić information content (AvgIpc) is 1.98. The van der Waals surface area contributed by atoms with Gasteiger partial charge in [0.15, 0.2) is 0 Å². The van der Waals surface area contributed by atoms with Crippen molar-refractivity contribution in [3.05, 3.63) is 0 Å². The zero-order valence-corrected chi connectivity index (χ0v) is 8.39. The Kier molecular flexibility index (Phi) is 4.92. The summed E-state index contributed by atoms with van der Waals surface area (Å²) in [6.07, 6.45) is 2.26. The predicted octanol–water partition coefficient (Wildman–Crippen LogP) is 2.16. The van der Waals surface area contributed by atoms with E-state index >= 15 is 0 Å². The fourth-order valence-electron chi connectivity index (χ4n) is 0.968. The van der Waals surface area contributed by atoms with E-state index in [0.717, 1.165) is 6.42 Å².